The molecule has 0 radical (unpaired) electrons. The molecule has 0 aliphatic heterocycles. The van der Waals surface area contributed by atoms with Gasteiger partial charge in [0, 0.05) is 17.1 Å². The van der Waals surface area contributed by atoms with E-state index in [9.17, 15) is 9.59 Å². The van der Waals surface area contributed by atoms with Gasteiger partial charge >= 0.3 is 0 Å². The fourth-order valence-electron chi connectivity index (χ4n) is 4.18. The van der Waals surface area contributed by atoms with Crippen molar-refractivity contribution in [1.29, 1.82) is 0 Å². The minimum atomic E-state index is -0.458. The van der Waals surface area contributed by atoms with Crippen LogP contribution in [-0.4, -0.2) is 26.9 Å². The molecule has 1 heterocycles. The Balaban J connectivity index is 1.88. The molecule has 0 fully saturated rings. The van der Waals surface area contributed by atoms with E-state index in [1.165, 1.54) is 5.56 Å². The Bertz CT molecular complexity index is 1390. The van der Waals surface area contributed by atoms with Crippen LogP contribution in [0, 0.1) is 6.92 Å². The highest BCUT2D eigenvalue weighted by molar-refractivity contribution is 6.31. The highest BCUT2D eigenvalue weighted by atomic mass is 35.5. The molecule has 4 rings (SSSR count). The predicted octanol–water partition coefficient (Wildman–Crippen LogP) is 6.13. The Labute approximate surface area is 204 Å². The second kappa shape index (κ2) is 9.82. The van der Waals surface area contributed by atoms with Crippen LogP contribution in [0.15, 0.2) is 71.5 Å². The fraction of sp³-hybridized carbons (Fsp3) is 0.250. The van der Waals surface area contributed by atoms with Crippen molar-refractivity contribution in [1.82, 2.24) is 14.5 Å². The van der Waals surface area contributed by atoms with Gasteiger partial charge in [-0.15, -0.1) is 0 Å². The first-order valence-corrected chi connectivity index (χ1v) is 11.9. The second-order valence-electron chi connectivity index (χ2n) is 8.43. The maximum absolute atomic E-state index is 13.6. The van der Waals surface area contributed by atoms with E-state index in [0.717, 1.165) is 12.0 Å². The van der Waals surface area contributed by atoms with Crippen LogP contribution >= 0.6 is 11.6 Å². The van der Waals surface area contributed by atoms with Gasteiger partial charge in [0.05, 0.1) is 22.6 Å². The molecular weight excluding hydrogens is 446 g/mol. The third kappa shape index (κ3) is 4.48. The normalized spacial score (nSPS) is 12.0. The van der Waals surface area contributed by atoms with Gasteiger partial charge in [-0.1, -0.05) is 48.4 Å². The zero-order valence-corrected chi connectivity index (χ0v) is 20.6. The standard InChI is InChI=1S/C28H28ClN3O2/c1-5-20-9-11-21(12-10-20)27(33)31(6-2)19(4)26-30-25-17-22(29)13-16-24(25)28(34)32(26)23-14-7-18(3)8-15-23/h7-17,19H,5-6H2,1-4H3. The van der Waals surface area contributed by atoms with Crippen molar-refractivity contribution in [3.63, 3.8) is 0 Å². The number of amides is 1. The highest BCUT2D eigenvalue weighted by Crippen LogP contribution is 2.25. The first-order valence-electron chi connectivity index (χ1n) is 11.5. The quantitative estimate of drug-likeness (QED) is 0.338. The molecule has 0 spiro atoms. The number of halogens is 1. The second-order valence-corrected chi connectivity index (χ2v) is 8.86. The number of hydrogen-bond donors (Lipinski definition) is 0. The first-order chi connectivity index (χ1) is 16.3. The molecule has 1 unspecified atom stereocenters. The molecule has 174 valence electrons. The summed E-state index contributed by atoms with van der Waals surface area (Å²) in [6.45, 7) is 8.38. The molecule has 5 nitrogen and oxygen atoms in total. The van der Waals surface area contributed by atoms with E-state index in [0.29, 0.717) is 39.5 Å². The van der Waals surface area contributed by atoms with E-state index >= 15 is 0 Å². The van der Waals surface area contributed by atoms with E-state index < -0.39 is 6.04 Å². The van der Waals surface area contributed by atoms with Crippen molar-refractivity contribution in [3.05, 3.63) is 105 Å². The van der Waals surface area contributed by atoms with Gasteiger partial charge in [-0.05, 0) is 75.2 Å². The Hall–Kier alpha value is -3.44. The van der Waals surface area contributed by atoms with Gasteiger partial charge in [-0.2, -0.15) is 0 Å². The van der Waals surface area contributed by atoms with E-state index in [1.54, 1.807) is 27.7 Å². The van der Waals surface area contributed by atoms with Crippen LogP contribution in [0.5, 0.6) is 0 Å². The minimum absolute atomic E-state index is 0.103. The van der Waals surface area contributed by atoms with Crippen LogP contribution in [0.25, 0.3) is 16.6 Å². The highest BCUT2D eigenvalue weighted by Gasteiger charge is 2.26. The van der Waals surface area contributed by atoms with Gasteiger partial charge in [0.2, 0.25) is 0 Å². The van der Waals surface area contributed by atoms with Gasteiger partial charge < -0.3 is 4.90 Å². The van der Waals surface area contributed by atoms with Crippen molar-refractivity contribution in [2.75, 3.05) is 6.54 Å². The number of aryl methyl sites for hydroxylation is 2. The fourth-order valence-corrected chi connectivity index (χ4v) is 4.35. The van der Waals surface area contributed by atoms with Gasteiger partial charge in [0.25, 0.3) is 11.5 Å². The summed E-state index contributed by atoms with van der Waals surface area (Å²) in [7, 11) is 0. The summed E-state index contributed by atoms with van der Waals surface area (Å²) in [6, 6.07) is 20.0. The number of benzene rings is 3. The molecule has 4 aromatic rings. The lowest BCUT2D eigenvalue weighted by molar-refractivity contribution is 0.0693. The number of aromatic nitrogens is 2. The lowest BCUT2D eigenvalue weighted by atomic mass is 10.1. The summed E-state index contributed by atoms with van der Waals surface area (Å²) in [6.07, 6.45) is 0.911. The zero-order chi connectivity index (χ0) is 24.4. The molecular formula is C28H28ClN3O2. The first kappa shape index (κ1) is 23.7. The number of nitrogens with zero attached hydrogens (tertiary/aromatic N) is 3. The Kier molecular flexibility index (Phi) is 6.85. The van der Waals surface area contributed by atoms with Gasteiger partial charge in [0.1, 0.15) is 5.82 Å². The topological polar surface area (TPSA) is 55.2 Å². The minimum Gasteiger partial charge on any atom is -0.329 e. The summed E-state index contributed by atoms with van der Waals surface area (Å²) in [5.74, 6) is 0.387. The largest absolute Gasteiger partial charge is 0.329 e. The van der Waals surface area contributed by atoms with Crippen LogP contribution in [0.4, 0.5) is 0 Å². The summed E-state index contributed by atoms with van der Waals surface area (Å²) in [4.78, 5) is 33.7. The van der Waals surface area contributed by atoms with Crippen molar-refractivity contribution >= 4 is 28.4 Å². The van der Waals surface area contributed by atoms with Crippen LogP contribution < -0.4 is 5.56 Å². The zero-order valence-electron chi connectivity index (χ0n) is 19.9. The lowest BCUT2D eigenvalue weighted by Gasteiger charge is -2.29. The van der Waals surface area contributed by atoms with E-state index in [2.05, 4.69) is 6.92 Å². The van der Waals surface area contributed by atoms with Crippen molar-refractivity contribution in [3.8, 4) is 5.69 Å². The van der Waals surface area contributed by atoms with Gasteiger partial charge in [0.15, 0.2) is 0 Å². The van der Waals surface area contributed by atoms with Crippen LogP contribution in [0.3, 0.4) is 0 Å². The van der Waals surface area contributed by atoms with Crippen molar-refractivity contribution < 1.29 is 4.79 Å². The molecule has 0 saturated heterocycles. The van der Waals surface area contributed by atoms with E-state index in [1.807, 2.05) is 69.3 Å². The predicted molar refractivity (Wildman–Crippen MR) is 138 cm³/mol. The molecule has 1 amide bonds. The van der Waals surface area contributed by atoms with Crippen molar-refractivity contribution in [2.45, 2.75) is 40.2 Å². The van der Waals surface area contributed by atoms with E-state index in [4.69, 9.17) is 16.6 Å². The smallest absolute Gasteiger partial charge is 0.266 e. The van der Waals surface area contributed by atoms with Gasteiger partial charge in [-0.25, -0.2) is 4.98 Å². The number of carbonyl (C=O) groups excluding carboxylic acids is 1. The molecule has 0 aliphatic carbocycles. The van der Waals surface area contributed by atoms with E-state index in [-0.39, 0.29) is 11.5 Å². The summed E-state index contributed by atoms with van der Waals surface area (Å²) in [5, 5.41) is 0.982. The summed E-state index contributed by atoms with van der Waals surface area (Å²) >= 11 is 6.21. The average Bonchev–Trinajstić information content (AvgIpc) is 2.84. The number of rotatable bonds is 6. The van der Waals surface area contributed by atoms with Crippen LogP contribution in [-0.2, 0) is 6.42 Å². The Morgan fingerprint density at radius 2 is 1.71 bits per heavy atom. The molecule has 0 saturated carbocycles. The number of carbonyl (C=O) groups is 1. The lowest BCUT2D eigenvalue weighted by Crippen LogP contribution is -2.37. The van der Waals surface area contributed by atoms with Gasteiger partial charge in [-0.3, -0.25) is 14.2 Å². The monoisotopic (exact) mass is 473 g/mol. The van der Waals surface area contributed by atoms with Crippen molar-refractivity contribution in [2.24, 2.45) is 0 Å². The Morgan fingerprint density at radius 1 is 1.03 bits per heavy atom. The molecule has 0 N–H and O–H groups in total. The van der Waals surface area contributed by atoms with Crippen LogP contribution in [0.1, 0.15) is 54.1 Å². The molecule has 6 heteroatoms. The molecule has 0 aliphatic rings. The summed E-state index contributed by atoms with van der Waals surface area (Å²) in [5.41, 5.74) is 3.90. The molecule has 1 atom stereocenters. The average molecular weight is 474 g/mol. The third-order valence-corrected chi connectivity index (χ3v) is 6.44. The SMILES string of the molecule is CCc1ccc(C(=O)N(CC)C(C)c2nc3cc(Cl)ccc3c(=O)n2-c2ccc(C)cc2)cc1. The number of fused-ring (bicyclic) bond motifs is 1. The van der Waals surface area contributed by atoms with Crippen LogP contribution in [0.2, 0.25) is 5.02 Å². The third-order valence-electron chi connectivity index (χ3n) is 6.20. The molecule has 3 aromatic carbocycles. The molecule has 0 bridgehead atoms. The maximum Gasteiger partial charge on any atom is 0.266 e. The number of hydrogen-bond acceptors (Lipinski definition) is 3. The molecule has 1 aromatic heterocycles. The maximum atomic E-state index is 13.6. The molecule has 34 heavy (non-hydrogen) atoms. The Morgan fingerprint density at radius 3 is 2.32 bits per heavy atom. The summed E-state index contributed by atoms with van der Waals surface area (Å²) < 4.78 is 1.61.